The number of benzene rings is 1. The Balaban J connectivity index is 1.98. The lowest BCUT2D eigenvalue weighted by atomic mass is 10.1. The predicted molar refractivity (Wildman–Crippen MR) is 99.9 cm³/mol. The molecule has 1 aromatic carbocycles. The van der Waals surface area contributed by atoms with Crippen LogP contribution in [0.25, 0.3) is 0 Å². The maximum atomic E-state index is 12.7. The van der Waals surface area contributed by atoms with E-state index in [1.54, 1.807) is 36.9 Å². The summed E-state index contributed by atoms with van der Waals surface area (Å²) in [6.45, 7) is 1.68. The summed E-state index contributed by atoms with van der Waals surface area (Å²) in [5, 5.41) is 19.9. The number of aliphatic hydroxyl groups excluding tert-OH is 1. The number of hydrogen-bond acceptors (Lipinski definition) is 6. The van der Waals surface area contributed by atoms with Crippen LogP contribution < -0.4 is 4.74 Å². The minimum Gasteiger partial charge on any atom is -0.506 e. The number of nitrogens with zero attached hydrogens (tertiary/aromatic N) is 2. The molecule has 0 radical (unpaired) electrons. The average molecular weight is 374 g/mol. The Hall–Kier alpha value is -2.25. The van der Waals surface area contributed by atoms with Crippen LogP contribution in [0.3, 0.4) is 0 Å². The van der Waals surface area contributed by atoms with E-state index in [-0.39, 0.29) is 30.2 Å². The van der Waals surface area contributed by atoms with Gasteiger partial charge in [-0.25, -0.2) is 0 Å². The van der Waals surface area contributed by atoms with Crippen molar-refractivity contribution in [2.24, 2.45) is 0 Å². The van der Waals surface area contributed by atoms with Crippen LogP contribution in [-0.4, -0.2) is 38.9 Å². The number of carbonyl (C=O) groups is 1. The number of aliphatic hydroxyl groups is 1. The summed E-state index contributed by atoms with van der Waals surface area (Å²) in [4.78, 5) is 18.5. The fourth-order valence-electron chi connectivity index (χ4n) is 3.03. The number of aryl methyl sites for hydroxylation is 1. The van der Waals surface area contributed by atoms with E-state index < -0.39 is 0 Å². The van der Waals surface area contributed by atoms with Crippen molar-refractivity contribution in [2.45, 2.75) is 31.9 Å². The number of ether oxygens (including phenoxy) is 1. The minimum atomic E-state index is -0.241. The quantitative estimate of drug-likeness (QED) is 0.837. The van der Waals surface area contributed by atoms with Gasteiger partial charge in [0.05, 0.1) is 26.0 Å². The second-order valence-corrected chi connectivity index (χ2v) is 7.31. The number of pyridine rings is 1. The number of hydrogen-bond donors (Lipinski definition) is 2. The molecule has 2 aromatic rings. The molecule has 2 heterocycles. The monoisotopic (exact) mass is 374 g/mol. The number of aromatic hydroxyl groups is 1. The molecule has 1 fully saturated rings. The molecule has 2 N–H and O–H groups in total. The molecule has 1 aliphatic heterocycles. The molecular weight excluding hydrogens is 352 g/mol. The minimum absolute atomic E-state index is 0.0225. The first-order valence-electron chi connectivity index (χ1n) is 8.37. The van der Waals surface area contributed by atoms with Crippen LogP contribution in [0.1, 0.15) is 34.2 Å². The van der Waals surface area contributed by atoms with Crippen molar-refractivity contribution in [2.75, 3.05) is 12.9 Å². The normalized spacial score (nSPS) is 17.4. The SMILES string of the molecule is COc1cccc(C2SCCC(=O)N2Cc2c(CO)cnc(C)c2O)c1. The number of amides is 1. The molecule has 1 atom stereocenters. The van der Waals surface area contributed by atoms with Crippen LogP contribution >= 0.6 is 11.8 Å². The van der Waals surface area contributed by atoms with Gasteiger partial charge < -0.3 is 19.8 Å². The van der Waals surface area contributed by atoms with Gasteiger partial charge in [0.1, 0.15) is 16.9 Å². The Morgan fingerprint density at radius 3 is 2.96 bits per heavy atom. The van der Waals surface area contributed by atoms with Gasteiger partial charge in [0, 0.05) is 29.5 Å². The van der Waals surface area contributed by atoms with Crippen LogP contribution in [0, 0.1) is 6.92 Å². The zero-order valence-electron chi connectivity index (χ0n) is 14.8. The second kappa shape index (κ2) is 7.97. The molecule has 1 unspecified atom stereocenters. The first-order valence-corrected chi connectivity index (χ1v) is 9.42. The first kappa shape index (κ1) is 18.5. The highest BCUT2D eigenvalue weighted by Crippen LogP contribution is 2.40. The molecule has 1 aromatic heterocycles. The summed E-state index contributed by atoms with van der Waals surface area (Å²) in [5.41, 5.74) is 2.52. The van der Waals surface area contributed by atoms with E-state index in [9.17, 15) is 15.0 Å². The average Bonchev–Trinajstić information content (AvgIpc) is 2.67. The summed E-state index contributed by atoms with van der Waals surface area (Å²) in [6, 6.07) is 7.66. The summed E-state index contributed by atoms with van der Waals surface area (Å²) < 4.78 is 5.30. The van der Waals surface area contributed by atoms with Crippen LogP contribution in [0.2, 0.25) is 0 Å². The maximum absolute atomic E-state index is 12.7. The van der Waals surface area contributed by atoms with Crippen molar-refractivity contribution in [3.8, 4) is 11.5 Å². The number of methoxy groups -OCH3 is 1. The van der Waals surface area contributed by atoms with Crippen LogP contribution in [0.4, 0.5) is 0 Å². The largest absolute Gasteiger partial charge is 0.506 e. The van der Waals surface area contributed by atoms with Crippen molar-refractivity contribution < 1.29 is 19.7 Å². The van der Waals surface area contributed by atoms with Crippen molar-refractivity contribution >= 4 is 17.7 Å². The van der Waals surface area contributed by atoms with Gasteiger partial charge in [0.2, 0.25) is 5.91 Å². The number of rotatable bonds is 5. The second-order valence-electron chi connectivity index (χ2n) is 6.13. The zero-order chi connectivity index (χ0) is 18.7. The fraction of sp³-hybridized carbons (Fsp3) is 0.368. The van der Waals surface area contributed by atoms with E-state index in [4.69, 9.17) is 4.74 Å². The van der Waals surface area contributed by atoms with Crippen LogP contribution in [-0.2, 0) is 17.9 Å². The highest BCUT2D eigenvalue weighted by Gasteiger charge is 2.31. The van der Waals surface area contributed by atoms with Crippen molar-refractivity contribution in [1.29, 1.82) is 0 Å². The van der Waals surface area contributed by atoms with Gasteiger partial charge in [-0.15, -0.1) is 11.8 Å². The maximum Gasteiger partial charge on any atom is 0.224 e. The molecule has 0 spiro atoms. The number of aromatic nitrogens is 1. The summed E-state index contributed by atoms with van der Waals surface area (Å²) in [6.07, 6.45) is 2.00. The molecule has 1 amide bonds. The molecule has 7 heteroatoms. The number of thioether (sulfide) groups is 1. The molecule has 0 bridgehead atoms. The van der Waals surface area contributed by atoms with Gasteiger partial charge in [-0.05, 0) is 24.6 Å². The predicted octanol–water partition coefficient (Wildman–Crippen LogP) is 2.76. The van der Waals surface area contributed by atoms with Gasteiger partial charge in [0.15, 0.2) is 0 Å². The Kier molecular flexibility index (Phi) is 5.68. The standard InChI is InChI=1S/C19H22N2O4S/c1-12-18(24)16(14(11-22)9-20-12)10-21-17(23)6-7-26-19(21)13-4-3-5-15(8-13)25-2/h3-5,8-9,19,22,24H,6-7,10-11H2,1-2H3. The van der Waals surface area contributed by atoms with Crippen LogP contribution in [0.15, 0.2) is 30.5 Å². The molecule has 1 aliphatic rings. The highest BCUT2D eigenvalue weighted by molar-refractivity contribution is 7.99. The Labute approximate surface area is 156 Å². The summed E-state index contributed by atoms with van der Waals surface area (Å²) in [7, 11) is 1.61. The van der Waals surface area contributed by atoms with Gasteiger partial charge in [0.25, 0.3) is 0 Å². The van der Waals surface area contributed by atoms with Gasteiger partial charge in [-0.1, -0.05) is 12.1 Å². The van der Waals surface area contributed by atoms with E-state index in [0.717, 1.165) is 17.1 Å². The molecule has 0 aliphatic carbocycles. The molecule has 6 nitrogen and oxygen atoms in total. The third kappa shape index (κ3) is 3.64. The van der Waals surface area contributed by atoms with Crippen molar-refractivity contribution in [1.82, 2.24) is 9.88 Å². The van der Waals surface area contributed by atoms with Gasteiger partial charge in [-0.3, -0.25) is 9.78 Å². The fourth-order valence-corrected chi connectivity index (χ4v) is 4.26. The van der Waals surface area contributed by atoms with Crippen LogP contribution in [0.5, 0.6) is 11.5 Å². The third-order valence-electron chi connectivity index (χ3n) is 4.50. The van der Waals surface area contributed by atoms with E-state index >= 15 is 0 Å². The van der Waals surface area contributed by atoms with E-state index in [1.807, 2.05) is 24.3 Å². The molecule has 3 rings (SSSR count). The number of carbonyl (C=O) groups excluding carboxylic acids is 1. The van der Waals surface area contributed by atoms with E-state index in [1.165, 1.54) is 0 Å². The lowest BCUT2D eigenvalue weighted by Crippen LogP contribution is -2.37. The van der Waals surface area contributed by atoms with E-state index in [0.29, 0.717) is 23.2 Å². The Bertz CT molecular complexity index is 812. The lowest BCUT2D eigenvalue weighted by Gasteiger charge is -2.36. The summed E-state index contributed by atoms with van der Waals surface area (Å²) in [5.74, 6) is 1.53. The third-order valence-corrected chi connectivity index (χ3v) is 5.79. The van der Waals surface area contributed by atoms with E-state index in [2.05, 4.69) is 4.98 Å². The Morgan fingerprint density at radius 2 is 2.23 bits per heavy atom. The lowest BCUT2D eigenvalue weighted by molar-refractivity contribution is -0.132. The highest BCUT2D eigenvalue weighted by atomic mass is 32.2. The smallest absolute Gasteiger partial charge is 0.224 e. The molecule has 138 valence electrons. The van der Waals surface area contributed by atoms with Gasteiger partial charge in [-0.2, -0.15) is 0 Å². The molecule has 26 heavy (non-hydrogen) atoms. The zero-order valence-corrected chi connectivity index (χ0v) is 15.6. The molecule has 0 saturated carbocycles. The summed E-state index contributed by atoms with van der Waals surface area (Å²) >= 11 is 1.68. The topological polar surface area (TPSA) is 82.9 Å². The Morgan fingerprint density at radius 1 is 1.42 bits per heavy atom. The molecular formula is C19H22N2O4S. The molecule has 1 saturated heterocycles. The van der Waals surface area contributed by atoms with Crippen molar-refractivity contribution in [3.63, 3.8) is 0 Å². The van der Waals surface area contributed by atoms with Crippen molar-refractivity contribution in [3.05, 3.63) is 52.8 Å². The first-order chi connectivity index (χ1) is 12.5. The van der Waals surface area contributed by atoms with Gasteiger partial charge >= 0.3 is 0 Å².